The Balaban J connectivity index is 1.60. The highest BCUT2D eigenvalue weighted by atomic mass is 16.3. The van der Waals surface area contributed by atoms with Crippen LogP contribution in [0.1, 0.15) is 44.6 Å². The molecular formula is C23H28N4O2. The normalized spacial score (nSPS) is 17.1. The molecule has 6 heteroatoms. The van der Waals surface area contributed by atoms with Gasteiger partial charge in [0.2, 0.25) is 0 Å². The number of unbranched alkanes of at least 4 members (excludes halogenated alkanes) is 2. The van der Waals surface area contributed by atoms with Gasteiger partial charge in [0.25, 0.3) is 5.91 Å². The maximum absolute atomic E-state index is 13.0. The standard InChI is InChI=1S/C23H28N4O2/c1-2-3-4-10-20-21(18-15-25-19-9-6-5-8-17(18)19)22(28)23(29)27(20)13-7-12-26-14-11-24-16-26/h5-6,8-9,11,14-16,20,25,28H,2-4,7,10,12-13H2,1H3. The number of aromatic amines is 1. The average Bonchev–Trinajstić information content (AvgIpc) is 3.44. The second-order valence-corrected chi connectivity index (χ2v) is 7.67. The van der Waals surface area contributed by atoms with E-state index in [1.54, 1.807) is 12.5 Å². The zero-order valence-electron chi connectivity index (χ0n) is 16.8. The molecule has 1 aromatic carbocycles. The summed E-state index contributed by atoms with van der Waals surface area (Å²) >= 11 is 0. The Morgan fingerprint density at radius 2 is 2.03 bits per heavy atom. The smallest absolute Gasteiger partial charge is 0.289 e. The number of imidazole rings is 1. The minimum atomic E-state index is -0.252. The first-order valence-electron chi connectivity index (χ1n) is 10.5. The molecule has 1 amide bonds. The number of carbonyl (C=O) groups excluding carboxylic acids is 1. The molecule has 2 N–H and O–H groups in total. The van der Waals surface area contributed by atoms with Gasteiger partial charge in [0.1, 0.15) is 0 Å². The van der Waals surface area contributed by atoms with Crippen LogP contribution in [0.5, 0.6) is 0 Å². The van der Waals surface area contributed by atoms with Gasteiger partial charge in [0, 0.05) is 53.7 Å². The van der Waals surface area contributed by atoms with Crippen LogP contribution < -0.4 is 0 Å². The number of aliphatic hydroxyl groups excluding tert-OH is 1. The van der Waals surface area contributed by atoms with Gasteiger partial charge < -0.3 is 19.6 Å². The van der Waals surface area contributed by atoms with Crippen LogP contribution in [0.2, 0.25) is 0 Å². The Kier molecular flexibility index (Phi) is 5.69. The predicted octanol–water partition coefficient (Wildman–Crippen LogP) is 4.51. The summed E-state index contributed by atoms with van der Waals surface area (Å²) in [6, 6.07) is 7.94. The number of hydrogen-bond acceptors (Lipinski definition) is 3. The number of aliphatic hydroxyl groups is 1. The topological polar surface area (TPSA) is 74.2 Å². The number of nitrogens with one attached hydrogen (secondary N) is 1. The minimum Gasteiger partial charge on any atom is -0.503 e. The fourth-order valence-electron chi connectivity index (χ4n) is 4.30. The molecule has 3 aromatic rings. The summed E-state index contributed by atoms with van der Waals surface area (Å²) in [5.74, 6) is -0.351. The number of para-hydroxylation sites is 1. The molecular weight excluding hydrogens is 364 g/mol. The van der Waals surface area contributed by atoms with Gasteiger partial charge in [-0.15, -0.1) is 0 Å². The Bertz CT molecular complexity index is 1000. The lowest BCUT2D eigenvalue weighted by Crippen LogP contribution is -2.36. The highest BCUT2D eigenvalue weighted by molar-refractivity contribution is 6.08. The molecule has 1 unspecified atom stereocenters. The summed E-state index contributed by atoms with van der Waals surface area (Å²) in [5.41, 5.74) is 2.72. The monoisotopic (exact) mass is 392 g/mol. The van der Waals surface area contributed by atoms with Gasteiger partial charge in [0.05, 0.1) is 12.4 Å². The number of aryl methyl sites for hydroxylation is 1. The van der Waals surface area contributed by atoms with E-state index < -0.39 is 0 Å². The summed E-state index contributed by atoms with van der Waals surface area (Å²) < 4.78 is 2.01. The molecule has 1 atom stereocenters. The van der Waals surface area contributed by atoms with Gasteiger partial charge in [-0.1, -0.05) is 44.4 Å². The Labute approximate surface area is 170 Å². The Hall–Kier alpha value is -3.02. The third-order valence-electron chi connectivity index (χ3n) is 5.76. The Morgan fingerprint density at radius 3 is 2.83 bits per heavy atom. The number of aromatic nitrogens is 3. The highest BCUT2D eigenvalue weighted by Gasteiger charge is 2.40. The van der Waals surface area contributed by atoms with E-state index in [1.165, 1.54) is 0 Å². The van der Waals surface area contributed by atoms with Gasteiger partial charge in [-0.05, 0) is 18.9 Å². The molecule has 0 bridgehead atoms. The van der Waals surface area contributed by atoms with Crippen LogP contribution in [0, 0.1) is 0 Å². The van der Waals surface area contributed by atoms with Gasteiger partial charge in [-0.2, -0.15) is 0 Å². The number of rotatable bonds is 9. The van der Waals surface area contributed by atoms with Gasteiger partial charge >= 0.3 is 0 Å². The second kappa shape index (κ2) is 8.55. The number of carbonyl (C=O) groups is 1. The van der Waals surface area contributed by atoms with Crippen LogP contribution >= 0.6 is 0 Å². The molecule has 1 aliphatic heterocycles. The fraction of sp³-hybridized carbons (Fsp3) is 0.391. The molecule has 0 spiro atoms. The van der Waals surface area contributed by atoms with Crippen LogP contribution in [0.3, 0.4) is 0 Å². The van der Waals surface area contributed by atoms with Crippen molar-refractivity contribution in [2.45, 2.75) is 51.6 Å². The third kappa shape index (κ3) is 3.79. The maximum Gasteiger partial charge on any atom is 0.289 e. The quantitative estimate of drug-likeness (QED) is 0.526. The molecule has 0 aliphatic carbocycles. The van der Waals surface area contributed by atoms with E-state index in [0.717, 1.165) is 60.7 Å². The van der Waals surface area contributed by atoms with Crippen LogP contribution in [0.15, 0.2) is 54.9 Å². The number of benzene rings is 1. The molecule has 2 aromatic heterocycles. The average molecular weight is 393 g/mol. The van der Waals surface area contributed by atoms with E-state index in [1.807, 2.05) is 46.1 Å². The minimum absolute atomic E-state index is 0.0870. The summed E-state index contributed by atoms with van der Waals surface area (Å²) in [4.78, 5) is 22.2. The summed E-state index contributed by atoms with van der Waals surface area (Å²) in [6.07, 6.45) is 12.4. The van der Waals surface area contributed by atoms with Crippen molar-refractivity contribution in [3.8, 4) is 0 Å². The first kappa shape index (κ1) is 19.3. The molecule has 1 aliphatic rings. The van der Waals surface area contributed by atoms with Gasteiger partial charge in [0.15, 0.2) is 5.76 Å². The summed E-state index contributed by atoms with van der Waals surface area (Å²) in [6.45, 7) is 3.59. The van der Waals surface area contributed by atoms with Gasteiger partial charge in [-0.25, -0.2) is 4.98 Å². The molecule has 0 fully saturated rings. The maximum atomic E-state index is 13.0. The lowest BCUT2D eigenvalue weighted by Gasteiger charge is -2.27. The summed E-state index contributed by atoms with van der Waals surface area (Å²) in [7, 11) is 0. The third-order valence-corrected chi connectivity index (χ3v) is 5.76. The van der Waals surface area contributed by atoms with Crippen molar-refractivity contribution in [1.82, 2.24) is 19.4 Å². The second-order valence-electron chi connectivity index (χ2n) is 7.67. The highest BCUT2D eigenvalue weighted by Crippen LogP contribution is 2.38. The van der Waals surface area contributed by atoms with Crippen molar-refractivity contribution in [1.29, 1.82) is 0 Å². The molecule has 0 saturated carbocycles. The van der Waals surface area contributed by atoms with Crippen molar-refractivity contribution >= 4 is 22.4 Å². The van der Waals surface area contributed by atoms with Crippen molar-refractivity contribution in [2.75, 3.05) is 6.54 Å². The number of H-pyrrole nitrogens is 1. The molecule has 0 radical (unpaired) electrons. The largest absolute Gasteiger partial charge is 0.503 e. The van der Waals surface area contributed by atoms with Crippen LogP contribution in [0.25, 0.3) is 16.5 Å². The van der Waals surface area contributed by atoms with E-state index in [9.17, 15) is 9.90 Å². The zero-order chi connectivity index (χ0) is 20.2. The van der Waals surface area contributed by atoms with E-state index in [2.05, 4.69) is 16.9 Å². The van der Waals surface area contributed by atoms with Crippen molar-refractivity contribution in [3.63, 3.8) is 0 Å². The van der Waals surface area contributed by atoms with Crippen molar-refractivity contribution in [3.05, 3.63) is 60.5 Å². The number of hydrogen-bond donors (Lipinski definition) is 2. The molecule has 4 rings (SSSR count). The molecule has 29 heavy (non-hydrogen) atoms. The van der Waals surface area contributed by atoms with Crippen molar-refractivity contribution < 1.29 is 9.90 Å². The van der Waals surface area contributed by atoms with E-state index >= 15 is 0 Å². The van der Waals surface area contributed by atoms with Crippen LogP contribution in [-0.2, 0) is 11.3 Å². The number of amides is 1. The van der Waals surface area contributed by atoms with E-state index in [4.69, 9.17) is 0 Å². The first-order chi connectivity index (χ1) is 14.2. The zero-order valence-corrected chi connectivity index (χ0v) is 16.8. The van der Waals surface area contributed by atoms with E-state index in [0.29, 0.717) is 6.54 Å². The van der Waals surface area contributed by atoms with Gasteiger partial charge in [-0.3, -0.25) is 4.79 Å². The van der Waals surface area contributed by atoms with Crippen LogP contribution in [0.4, 0.5) is 0 Å². The van der Waals surface area contributed by atoms with E-state index in [-0.39, 0.29) is 17.7 Å². The van der Waals surface area contributed by atoms with Crippen molar-refractivity contribution in [2.24, 2.45) is 0 Å². The lowest BCUT2D eigenvalue weighted by molar-refractivity contribution is -0.129. The fourth-order valence-corrected chi connectivity index (χ4v) is 4.30. The van der Waals surface area contributed by atoms with Crippen LogP contribution in [-0.4, -0.2) is 43.0 Å². The first-order valence-corrected chi connectivity index (χ1v) is 10.5. The molecule has 0 saturated heterocycles. The summed E-state index contributed by atoms with van der Waals surface area (Å²) in [5, 5.41) is 11.9. The Morgan fingerprint density at radius 1 is 1.17 bits per heavy atom. The molecule has 3 heterocycles. The number of nitrogens with zero attached hydrogens (tertiary/aromatic N) is 3. The molecule has 6 nitrogen and oxygen atoms in total. The lowest BCUT2D eigenvalue weighted by atomic mass is 9.94. The number of fused-ring (bicyclic) bond motifs is 1. The predicted molar refractivity (Wildman–Crippen MR) is 114 cm³/mol. The SMILES string of the molecule is CCCCCC1C(c2c[nH]c3ccccc23)=C(O)C(=O)N1CCCn1ccnc1. The molecule has 152 valence electrons.